The van der Waals surface area contributed by atoms with Crippen molar-refractivity contribution in [3.05, 3.63) is 0 Å². The minimum absolute atomic E-state index is 0. The highest BCUT2D eigenvalue weighted by atomic mass is 35.5. The second-order valence-corrected chi connectivity index (χ2v) is 5.68. The lowest BCUT2D eigenvalue weighted by atomic mass is 9.87. The van der Waals surface area contributed by atoms with Crippen molar-refractivity contribution >= 4 is 18.3 Å². The van der Waals surface area contributed by atoms with Crippen molar-refractivity contribution in [3.8, 4) is 0 Å². The van der Waals surface area contributed by atoms with Crippen LogP contribution in [0, 0.1) is 5.41 Å². The first-order valence-electron chi connectivity index (χ1n) is 6.69. The van der Waals surface area contributed by atoms with Crippen LogP contribution in [0.15, 0.2) is 0 Å². The van der Waals surface area contributed by atoms with Gasteiger partial charge in [-0.1, -0.05) is 13.8 Å². The lowest BCUT2D eigenvalue weighted by molar-refractivity contribution is -0.138. The summed E-state index contributed by atoms with van der Waals surface area (Å²) in [6, 6.07) is -0.150. The topological polar surface area (TPSA) is 41.6 Å². The minimum Gasteiger partial charge on any atom is -0.375 e. The Morgan fingerprint density at radius 1 is 1.56 bits per heavy atom. The zero-order valence-electron chi connectivity index (χ0n) is 11.6. The molecular weight excluding hydrogens is 252 g/mol. The highest BCUT2D eigenvalue weighted by molar-refractivity contribution is 5.85. The fourth-order valence-corrected chi connectivity index (χ4v) is 2.71. The van der Waals surface area contributed by atoms with Crippen LogP contribution < -0.4 is 5.32 Å². The average molecular weight is 277 g/mol. The van der Waals surface area contributed by atoms with Crippen LogP contribution >= 0.6 is 12.4 Å². The zero-order valence-corrected chi connectivity index (χ0v) is 12.4. The molecule has 4 nitrogen and oxygen atoms in total. The second-order valence-electron chi connectivity index (χ2n) is 5.68. The number of morpholine rings is 1. The summed E-state index contributed by atoms with van der Waals surface area (Å²) in [5, 5.41) is 3.27. The number of nitrogens with one attached hydrogen (secondary N) is 1. The number of ether oxygens (including phenoxy) is 1. The maximum Gasteiger partial charge on any atom is 0.242 e. The van der Waals surface area contributed by atoms with Crippen LogP contribution in [0.3, 0.4) is 0 Å². The highest BCUT2D eigenvalue weighted by Crippen LogP contribution is 2.33. The quantitative estimate of drug-likeness (QED) is 0.830. The number of halogens is 1. The smallest absolute Gasteiger partial charge is 0.242 e. The number of hydrogen-bond acceptors (Lipinski definition) is 3. The maximum absolute atomic E-state index is 12.4. The van der Waals surface area contributed by atoms with Gasteiger partial charge in [0.25, 0.3) is 0 Å². The van der Waals surface area contributed by atoms with E-state index in [1.807, 2.05) is 11.8 Å². The fourth-order valence-electron chi connectivity index (χ4n) is 2.71. The molecule has 1 N–H and O–H groups in total. The van der Waals surface area contributed by atoms with Crippen LogP contribution in [0.25, 0.3) is 0 Å². The minimum atomic E-state index is -0.150. The summed E-state index contributed by atoms with van der Waals surface area (Å²) in [5.41, 5.74) is 0.314. The second kappa shape index (κ2) is 6.22. The van der Waals surface area contributed by atoms with Gasteiger partial charge in [-0.2, -0.15) is 0 Å². The molecule has 0 aliphatic carbocycles. The van der Waals surface area contributed by atoms with E-state index < -0.39 is 0 Å². The third kappa shape index (κ3) is 3.16. The molecule has 3 atom stereocenters. The van der Waals surface area contributed by atoms with E-state index in [2.05, 4.69) is 19.2 Å². The van der Waals surface area contributed by atoms with Gasteiger partial charge in [0.05, 0.1) is 12.7 Å². The Morgan fingerprint density at radius 2 is 2.28 bits per heavy atom. The van der Waals surface area contributed by atoms with Crippen LogP contribution in [0.5, 0.6) is 0 Å². The lowest BCUT2D eigenvalue weighted by Gasteiger charge is -2.33. The normalized spacial score (nSPS) is 36.3. The van der Waals surface area contributed by atoms with Gasteiger partial charge in [-0.05, 0) is 25.2 Å². The molecule has 1 amide bonds. The molecule has 0 aromatic rings. The molecule has 0 spiro atoms. The van der Waals surface area contributed by atoms with E-state index in [-0.39, 0.29) is 30.5 Å². The summed E-state index contributed by atoms with van der Waals surface area (Å²) in [7, 11) is 0. The molecule has 2 rings (SSSR count). The summed E-state index contributed by atoms with van der Waals surface area (Å²) in [4.78, 5) is 14.4. The molecule has 2 saturated heterocycles. The molecule has 0 bridgehead atoms. The highest BCUT2D eigenvalue weighted by Gasteiger charge is 2.39. The van der Waals surface area contributed by atoms with Crippen LogP contribution in [0.4, 0.5) is 0 Å². The molecule has 0 saturated carbocycles. The van der Waals surface area contributed by atoms with Gasteiger partial charge in [0, 0.05) is 19.6 Å². The number of hydrogen-bond donors (Lipinski definition) is 1. The predicted molar refractivity (Wildman–Crippen MR) is 74.0 cm³/mol. The van der Waals surface area contributed by atoms with E-state index in [4.69, 9.17) is 4.74 Å². The van der Waals surface area contributed by atoms with Crippen molar-refractivity contribution in [2.45, 2.75) is 45.8 Å². The fraction of sp³-hybridized carbons (Fsp3) is 0.923. The molecule has 106 valence electrons. The molecule has 0 aromatic heterocycles. The van der Waals surface area contributed by atoms with Crippen LogP contribution in [0.1, 0.15) is 33.6 Å². The first kappa shape index (κ1) is 15.7. The molecule has 0 aromatic carbocycles. The predicted octanol–water partition coefficient (Wildman–Crippen LogP) is 1.43. The van der Waals surface area contributed by atoms with Crippen molar-refractivity contribution in [1.82, 2.24) is 10.2 Å². The van der Waals surface area contributed by atoms with E-state index in [0.717, 1.165) is 32.5 Å². The lowest BCUT2D eigenvalue weighted by Crippen LogP contribution is -2.56. The zero-order chi connectivity index (χ0) is 12.5. The van der Waals surface area contributed by atoms with Crippen LogP contribution in [-0.2, 0) is 9.53 Å². The van der Waals surface area contributed by atoms with E-state index in [9.17, 15) is 4.79 Å². The van der Waals surface area contributed by atoms with E-state index in [0.29, 0.717) is 12.0 Å². The molecule has 2 aliphatic heterocycles. The maximum atomic E-state index is 12.4. The van der Waals surface area contributed by atoms with Gasteiger partial charge in [0.2, 0.25) is 5.91 Å². The SMILES string of the molecule is CCC1(C)CCN(C(=O)[C@H]2NCCO[C@@H]2C)C1.Cl. The average Bonchev–Trinajstić information content (AvgIpc) is 2.73. The molecule has 18 heavy (non-hydrogen) atoms. The Hall–Kier alpha value is -0.320. The molecule has 2 heterocycles. The Balaban J connectivity index is 0.00000162. The third-order valence-corrected chi connectivity index (χ3v) is 4.31. The van der Waals surface area contributed by atoms with Gasteiger partial charge in [-0.15, -0.1) is 12.4 Å². The Labute approximate surface area is 116 Å². The van der Waals surface area contributed by atoms with Gasteiger partial charge in [0.15, 0.2) is 0 Å². The number of likely N-dealkylation sites (tertiary alicyclic amines) is 1. The van der Waals surface area contributed by atoms with Crippen molar-refractivity contribution in [1.29, 1.82) is 0 Å². The molecule has 1 unspecified atom stereocenters. The summed E-state index contributed by atoms with van der Waals surface area (Å²) < 4.78 is 5.54. The van der Waals surface area contributed by atoms with Crippen molar-refractivity contribution in [2.24, 2.45) is 5.41 Å². The summed E-state index contributed by atoms with van der Waals surface area (Å²) in [6.45, 7) is 9.73. The number of nitrogens with zero attached hydrogens (tertiary/aromatic N) is 1. The van der Waals surface area contributed by atoms with E-state index >= 15 is 0 Å². The van der Waals surface area contributed by atoms with Crippen molar-refractivity contribution in [2.75, 3.05) is 26.2 Å². The number of carbonyl (C=O) groups excluding carboxylic acids is 1. The largest absolute Gasteiger partial charge is 0.375 e. The third-order valence-electron chi connectivity index (χ3n) is 4.31. The van der Waals surface area contributed by atoms with E-state index in [1.54, 1.807) is 0 Å². The summed E-state index contributed by atoms with van der Waals surface area (Å²) in [6.07, 6.45) is 2.25. The van der Waals surface area contributed by atoms with Gasteiger partial charge < -0.3 is 15.0 Å². The van der Waals surface area contributed by atoms with Gasteiger partial charge in [-0.3, -0.25) is 4.79 Å². The van der Waals surface area contributed by atoms with Gasteiger partial charge >= 0.3 is 0 Å². The standard InChI is InChI=1S/C13H24N2O2.ClH/c1-4-13(3)5-7-15(9-13)12(16)11-10(2)17-8-6-14-11;/h10-11,14H,4-9H2,1-3H3;1H/t10-,11+,13?;/m1./s1. The van der Waals surface area contributed by atoms with Crippen molar-refractivity contribution in [3.63, 3.8) is 0 Å². The first-order valence-corrected chi connectivity index (χ1v) is 6.69. The molecule has 2 fully saturated rings. The molecular formula is C13H25ClN2O2. The first-order chi connectivity index (χ1) is 8.06. The van der Waals surface area contributed by atoms with Crippen molar-refractivity contribution < 1.29 is 9.53 Å². The molecule has 0 radical (unpaired) electrons. The van der Waals surface area contributed by atoms with Gasteiger partial charge in [0.1, 0.15) is 6.04 Å². The number of amides is 1. The van der Waals surface area contributed by atoms with E-state index in [1.165, 1.54) is 0 Å². The van der Waals surface area contributed by atoms with Crippen LogP contribution in [0.2, 0.25) is 0 Å². The monoisotopic (exact) mass is 276 g/mol. The van der Waals surface area contributed by atoms with Gasteiger partial charge in [-0.25, -0.2) is 0 Å². The summed E-state index contributed by atoms with van der Waals surface area (Å²) in [5.74, 6) is 0.217. The number of carbonyl (C=O) groups is 1. The Morgan fingerprint density at radius 3 is 2.83 bits per heavy atom. The van der Waals surface area contributed by atoms with Crippen LogP contribution in [-0.4, -0.2) is 49.2 Å². The molecule has 5 heteroatoms. The Bertz CT molecular complexity index is 301. The summed E-state index contributed by atoms with van der Waals surface area (Å²) >= 11 is 0. The number of rotatable bonds is 2. The Kier molecular flexibility index (Phi) is 5.44. The molecule has 2 aliphatic rings.